The molecule has 2 aliphatic rings. The Morgan fingerprint density at radius 1 is 1.12 bits per heavy atom. The van der Waals surface area contributed by atoms with Gasteiger partial charge in [-0.2, -0.15) is 0 Å². The van der Waals surface area contributed by atoms with Crippen LogP contribution in [-0.4, -0.2) is 29.1 Å². The van der Waals surface area contributed by atoms with Crippen molar-refractivity contribution in [3.05, 3.63) is 29.3 Å². The molecule has 2 bridgehead atoms. The van der Waals surface area contributed by atoms with Gasteiger partial charge in [0.05, 0.1) is 0 Å². The third kappa shape index (κ3) is 3.89. The number of aromatic hydroxyl groups is 1. The molecule has 0 aromatic heterocycles. The van der Waals surface area contributed by atoms with Crippen molar-refractivity contribution in [1.82, 2.24) is 4.90 Å². The molecule has 1 aliphatic heterocycles. The molecule has 0 amide bonds. The van der Waals surface area contributed by atoms with Gasteiger partial charge in [0.2, 0.25) is 0 Å². The largest absolute Gasteiger partial charge is 0.508 e. The second-order valence-corrected chi connectivity index (χ2v) is 8.73. The fourth-order valence-corrected chi connectivity index (χ4v) is 5.25. The maximum absolute atomic E-state index is 9.95. The molecule has 1 heterocycles. The van der Waals surface area contributed by atoms with Crippen LogP contribution in [0.15, 0.2) is 18.2 Å². The van der Waals surface area contributed by atoms with E-state index >= 15 is 0 Å². The van der Waals surface area contributed by atoms with E-state index in [0.29, 0.717) is 17.7 Å². The number of hydrogen-bond donors (Lipinski definition) is 1. The molecule has 1 saturated heterocycles. The molecule has 2 nitrogen and oxygen atoms in total. The van der Waals surface area contributed by atoms with Crippen molar-refractivity contribution < 1.29 is 5.11 Å². The Balaban J connectivity index is 1.57. The Kier molecular flexibility index (Phi) is 6.09. The molecule has 1 aliphatic carbocycles. The normalized spacial score (nSPS) is 28.8. The Hall–Kier alpha value is -1.02. The number of rotatable bonds is 8. The van der Waals surface area contributed by atoms with E-state index in [1.54, 1.807) is 0 Å². The molecule has 0 unspecified atom stereocenters. The first-order chi connectivity index (χ1) is 12.1. The maximum atomic E-state index is 9.95. The van der Waals surface area contributed by atoms with Crippen LogP contribution >= 0.6 is 0 Å². The number of nitrogens with zero attached hydrogens (tertiary/aromatic N) is 1. The summed E-state index contributed by atoms with van der Waals surface area (Å²) >= 11 is 0. The monoisotopic (exact) mass is 343 g/mol. The van der Waals surface area contributed by atoms with Crippen LogP contribution in [0.2, 0.25) is 0 Å². The van der Waals surface area contributed by atoms with Crippen molar-refractivity contribution in [2.24, 2.45) is 5.92 Å². The molecule has 0 saturated carbocycles. The second-order valence-electron chi connectivity index (χ2n) is 8.73. The number of piperidine rings is 1. The van der Waals surface area contributed by atoms with Gasteiger partial charge in [-0.1, -0.05) is 65.4 Å². The molecule has 140 valence electrons. The number of unbranched alkanes of at least 4 members (excludes halogenated alkanes) is 6. The van der Waals surface area contributed by atoms with Gasteiger partial charge in [-0.05, 0) is 66.9 Å². The van der Waals surface area contributed by atoms with E-state index in [4.69, 9.17) is 0 Å². The second kappa shape index (κ2) is 8.12. The minimum atomic E-state index is 0.230. The summed E-state index contributed by atoms with van der Waals surface area (Å²) < 4.78 is 0. The molecule has 25 heavy (non-hydrogen) atoms. The van der Waals surface area contributed by atoms with E-state index < -0.39 is 0 Å². The lowest BCUT2D eigenvalue weighted by atomic mass is 9.59. The highest BCUT2D eigenvalue weighted by Gasteiger charge is 2.48. The Labute approximate surface area is 154 Å². The quantitative estimate of drug-likeness (QED) is 0.615. The molecule has 0 spiro atoms. The van der Waals surface area contributed by atoms with Gasteiger partial charge >= 0.3 is 0 Å². The van der Waals surface area contributed by atoms with Gasteiger partial charge in [-0.3, -0.25) is 4.90 Å². The Bertz CT molecular complexity index is 569. The van der Waals surface area contributed by atoms with Crippen LogP contribution < -0.4 is 0 Å². The van der Waals surface area contributed by atoms with Gasteiger partial charge in [-0.15, -0.1) is 0 Å². The summed E-state index contributed by atoms with van der Waals surface area (Å²) in [5.41, 5.74) is 3.10. The molecule has 1 fully saturated rings. The van der Waals surface area contributed by atoms with Crippen molar-refractivity contribution >= 4 is 0 Å². The smallest absolute Gasteiger partial charge is 0.115 e. The number of phenolic OH excluding ortho intramolecular Hbond substituents is 1. The fourth-order valence-electron chi connectivity index (χ4n) is 5.25. The van der Waals surface area contributed by atoms with Gasteiger partial charge in [0.1, 0.15) is 5.75 Å². The summed E-state index contributed by atoms with van der Waals surface area (Å²) in [5.74, 6) is 1.09. The summed E-state index contributed by atoms with van der Waals surface area (Å²) in [4.78, 5) is 2.77. The summed E-state index contributed by atoms with van der Waals surface area (Å²) in [7, 11) is 0. The number of likely N-dealkylation sites (tertiary alicyclic amines) is 1. The number of fused-ring (bicyclic) bond motifs is 4. The van der Waals surface area contributed by atoms with Crippen LogP contribution in [0.4, 0.5) is 0 Å². The summed E-state index contributed by atoms with van der Waals surface area (Å²) in [5, 5.41) is 9.95. The zero-order valence-corrected chi connectivity index (χ0v) is 16.6. The van der Waals surface area contributed by atoms with Gasteiger partial charge in [-0.25, -0.2) is 0 Å². The maximum Gasteiger partial charge on any atom is 0.115 e. The zero-order valence-electron chi connectivity index (χ0n) is 16.6. The number of phenols is 1. The van der Waals surface area contributed by atoms with E-state index in [1.807, 2.05) is 12.1 Å². The Morgan fingerprint density at radius 3 is 2.60 bits per heavy atom. The zero-order chi connectivity index (χ0) is 17.9. The standard InChI is InChI=1S/C23H37NO/c1-4-5-6-7-8-9-10-14-24-15-13-23(3)18(2)22(24)16-19-11-12-20(25)17-21(19)23/h11-12,17-18,22,25H,4-10,13-16H2,1-3H3/t18-,22-,23-/m1/s1. The number of hydrogen-bond acceptors (Lipinski definition) is 2. The molecular formula is C23H37NO. The molecule has 3 rings (SSSR count). The lowest BCUT2D eigenvalue weighted by Gasteiger charge is -2.54. The topological polar surface area (TPSA) is 23.5 Å². The summed E-state index contributed by atoms with van der Waals surface area (Å²) in [6, 6.07) is 6.75. The summed E-state index contributed by atoms with van der Waals surface area (Å²) in [6.45, 7) is 9.64. The van der Waals surface area contributed by atoms with Gasteiger partial charge < -0.3 is 5.11 Å². The first kappa shape index (κ1) is 18.8. The van der Waals surface area contributed by atoms with Crippen molar-refractivity contribution in [2.75, 3.05) is 13.1 Å². The van der Waals surface area contributed by atoms with Crippen LogP contribution in [0, 0.1) is 5.92 Å². The minimum Gasteiger partial charge on any atom is -0.508 e. The van der Waals surface area contributed by atoms with Crippen LogP contribution in [0.1, 0.15) is 83.3 Å². The predicted molar refractivity (Wildman–Crippen MR) is 106 cm³/mol. The van der Waals surface area contributed by atoms with E-state index in [0.717, 1.165) is 6.42 Å². The van der Waals surface area contributed by atoms with Crippen molar-refractivity contribution in [3.8, 4) is 5.75 Å². The van der Waals surface area contributed by atoms with Crippen LogP contribution in [-0.2, 0) is 11.8 Å². The third-order valence-corrected chi connectivity index (χ3v) is 7.16. The average Bonchev–Trinajstić information content (AvgIpc) is 2.60. The average molecular weight is 344 g/mol. The SMILES string of the molecule is CCCCCCCCCN1CC[C@@]2(C)c3cc(O)ccc3C[C@@H]1[C@H]2C. The number of benzene rings is 1. The third-order valence-electron chi connectivity index (χ3n) is 7.16. The fraction of sp³-hybridized carbons (Fsp3) is 0.739. The Morgan fingerprint density at radius 2 is 1.84 bits per heavy atom. The lowest BCUT2D eigenvalue weighted by Crippen LogP contribution is -2.58. The van der Waals surface area contributed by atoms with Crippen LogP contribution in [0.3, 0.4) is 0 Å². The molecule has 3 atom stereocenters. The van der Waals surface area contributed by atoms with Gasteiger partial charge in [0.15, 0.2) is 0 Å². The van der Waals surface area contributed by atoms with E-state index in [1.165, 1.54) is 75.6 Å². The van der Waals surface area contributed by atoms with Crippen LogP contribution in [0.25, 0.3) is 0 Å². The van der Waals surface area contributed by atoms with Gasteiger partial charge in [0, 0.05) is 6.04 Å². The highest BCUT2D eigenvalue weighted by Crippen LogP contribution is 2.49. The lowest BCUT2D eigenvalue weighted by molar-refractivity contribution is 0.0302. The molecule has 1 N–H and O–H groups in total. The van der Waals surface area contributed by atoms with Gasteiger partial charge in [0.25, 0.3) is 0 Å². The molecule has 1 aromatic rings. The van der Waals surface area contributed by atoms with E-state index in [9.17, 15) is 5.11 Å². The highest BCUT2D eigenvalue weighted by molar-refractivity contribution is 5.44. The molecule has 0 radical (unpaired) electrons. The molecule has 1 aromatic carbocycles. The summed E-state index contributed by atoms with van der Waals surface area (Å²) in [6.07, 6.45) is 12.1. The first-order valence-electron chi connectivity index (χ1n) is 10.6. The molecule has 2 heteroatoms. The van der Waals surface area contributed by atoms with Crippen molar-refractivity contribution in [3.63, 3.8) is 0 Å². The predicted octanol–water partition coefficient (Wildman–Crippen LogP) is 5.67. The van der Waals surface area contributed by atoms with Crippen molar-refractivity contribution in [1.29, 1.82) is 0 Å². The van der Waals surface area contributed by atoms with E-state index in [-0.39, 0.29) is 5.41 Å². The van der Waals surface area contributed by atoms with Crippen molar-refractivity contribution in [2.45, 2.75) is 90.0 Å². The highest BCUT2D eigenvalue weighted by atomic mass is 16.3. The first-order valence-corrected chi connectivity index (χ1v) is 10.6. The minimum absolute atomic E-state index is 0.230. The van der Waals surface area contributed by atoms with E-state index in [2.05, 4.69) is 31.7 Å². The van der Waals surface area contributed by atoms with Crippen LogP contribution in [0.5, 0.6) is 5.75 Å². The molecular weight excluding hydrogens is 306 g/mol.